The lowest BCUT2D eigenvalue weighted by atomic mass is 9.98. The summed E-state index contributed by atoms with van der Waals surface area (Å²) in [7, 11) is -3.41. The van der Waals surface area contributed by atoms with Gasteiger partial charge in [0.1, 0.15) is 0 Å². The van der Waals surface area contributed by atoms with E-state index in [0.717, 1.165) is 31.5 Å². The van der Waals surface area contributed by atoms with E-state index in [0.29, 0.717) is 17.2 Å². The molecule has 3 rings (SSSR count). The van der Waals surface area contributed by atoms with Crippen molar-refractivity contribution in [2.45, 2.75) is 26.3 Å². The largest absolute Gasteiger partial charge is 0.339 e. The molecule has 1 heterocycles. The van der Waals surface area contributed by atoms with E-state index in [1.54, 1.807) is 24.3 Å². The molecule has 1 saturated heterocycles. The zero-order valence-corrected chi connectivity index (χ0v) is 16.7. The van der Waals surface area contributed by atoms with Gasteiger partial charge in [-0.1, -0.05) is 37.3 Å². The Balaban J connectivity index is 1.73. The van der Waals surface area contributed by atoms with Gasteiger partial charge in [-0.2, -0.15) is 0 Å². The third-order valence-electron chi connectivity index (χ3n) is 5.04. The summed E-state index contributed by atoms with van der Waals surface area (Å²) < 4.78 is 25.8. The van der Waals surface area contributed by atoms with Crippen molar-refractivity contribution in [2.75, 3.05) is 23.7 Å². The highest BCUT2D eigenvalue weighted by Crippen LogP contribution is 2.21. The van der Waals surface area contributed by atoms with Gasteiger partial charge >= 0.3 is 0 Å². The van der Waals surface area contributed by atoms with Gasteiger partial charge in [0.25, 0.3) is 5.91 Å². The molecule has 0 bridgehead atoms. The minimum absolute atomic E-state index is 0.0523. The summed E-state index contributed by atoms with van der Waals surface area (Å²) in [5.41, 5.74) is 2.12. The van der Waals surface area contributed by atoms with E-state index >= 15 is 0 Å². The predicted octanol–water partition coefficient (Wildman–Crippen LogP) is 3.52. The second-order valence-corrected chi connectivity index (χ2v) is 9.18. The molecule has 27 heavy (non-hydrogen) atoms. The number of carbonyl (C=O) groups excluding carboxylic acids is 1. The smallest absolute Gasteiger partial charge is 0.253 e. The molecule has 0 aliphatic carbocycles. The number of likely N-dealkylation sites (tertiary alicyclic amines) is 1. The van der Waals surface area contributed by atoms with Crippen molar-refractivity contribution in [1.29, 1.82) is 0 Å². The molecule has 1 fully saturated rings. The van der Waals surface area contributed by atoms with E-state index in [-0.39, 0.29) is 12.5 Å². The van der Waals surface area contributed by atoms with Crippen molar-refractivity contribution < 1.29 is 13.2 Å². The monoisotopic (exact) mass is 386 g/mol. The molecule has 0 saturated carbocycles. The number of benzene rings is 2. The number of sulfonamides is 1. The number of amides is 1. The van der Waals surface area contributed by atoms with E-state index in [4.69, 9.17) is 0 Å². The summed E-state index contributed by atoms with van der Waals surface area (Å²) in [6.07, 6.45) is 3.30. The van der Waals surface area contributed by atoms with Crippen LogP contribution in [0.15, 0.2) is 54.6 Å². The quantitative estimate of drug-likeness (QED) is 0.790. The lowest BCUT2D eigenvalue weighted by Crippen LogP contribution is -2.37. The Labute approximate surface area is 161 Å². The molecule has 144 valence electrons. The first-order valence-corrected chi connectivity index (χ1v) is 11.1. The van der Waals surface area contributed by atoms with Crippen LogP contribution in [0.4, 0.5) is 5.69 Å². The molecule has 0 aromatic heterocycles. The summed E-state index contributed by atoms with van der Waals surface area (Å²) >= 11 is 0. The minimum atomic E-state index is -3.41. The van der Waals surface area contributed by atoms with Gasteiger partial charge in [-0.3, -0.25) is 9.10 Å². The number of carbonyl (C=O) groups is 1. The van der Waals surface area contributed by atoms with Gasteiger partial charge in [-0.25, -0.2) is 8.42 Å². The fourth-order valence-corrected chi connectivity index (χ4v) is 4.20. The van der Waals surface area contributed by atoms with E-state index in [1.165, 1.54) is 10.6 Å². The molecular formula is C21H26N2O3S. The molecule has 1 aliphatic rings. The maximum atomic E-state index is 12.6. The molecule has 2 aromatic rings. The summed E-state index contributed by atoms with van der Waals surface area (Å²) in [5.74, 6) is 0.730. The normalized spacial score (nSPS) is 15.6. The van der Waals surface area contributed by atoms with E-state index < -0.39 is 10.0 Å². The highest BCUT2D eigenvalue weighted by Gasteiger charge is 2.22. The van der Waals surface area contributed by atoms with E-state index in [9.17, 15) is 13.2 Å². The molecule has 1 amide bonds. The van der Waals surface area contributed by atoms with Gasteiger partial charge in [0.2, 0.25) is 10.0 Å². The summed E-state index contributed by atoms with van der Waals surface area (Å²) in [5, 5.41) is 0. The standard InChI is InChI=1S/C21H26N2O3S/c1-17-12-14-22(15-13-17)21(24)19-10-8-18(9-11-19)16-23(27(2,25)26)20-6-4-3-5-7-20/h3-11,17H,12-16H2,1-2H3. The van der Waals surface area contributed by atoms with Crippen molar-refractivity contribution in [2.24, 2.45) is 5.92 Å². The Hall–Kier alpha value is -2.34. The Morgan fingerprint density at radius 2 is 1.63 bits per heavy atom. The lowest BCUT2D eigenvalue weighted by molar-refractivity contribution is 0.0697. The number of nitrogens with zero attached hydrogens (tertiary/aromatic N) is 2. The molecule has 5 nitrogen and oxygen atoms in total. The molecule has 0 atom stereocenters. The Kier molecular flexibility index (Phi) is 5.85. The molecule has 0 unspecified atom stereocenters. The summed E-state index contributed by atoms with van der Waals surface area (Å²) in [6, 6.07) is 16.3. The molecule has 1 aliphatic heterocycles. The van der Waals surface area contributed by atoms with Gasteiger partial charge in [0.05, 0.1) is 18.5 Å². The topological polar surface area (TPSA) is 57.7 Å². The second-order valence-electron chi connectivity index (χ2n) is 7.28. The molecule has 0 radical (unpaired) electrons. The van der Waals surface area contributed by atoms with Crippen LogP contribution >= 0.6 is 0 Å². The number of rotatable bonds is 5. The van der Waals surface area contributed by atoms with Crippen LogP contribution in [0.2, 0.25) is 0 Å². The van der Waals surface area contributed by atoms with Gasteiger partial charge in [0, 0.05) is 18.7 Å². The van der Waals surface area contributed by atoms with Gasteiger partial charge in [-0.15, -0.1) is 0 Å². The van der Waals surface area contributed by atoms with Crippen molar-refractivity contribution >= 4 is 21.6 Å². The number of hydrogen-bond donors (Lipinski definition) is 0. The number of anilines is 1. The third-order valence-corrected chi connectivity index (χ3v) is 6.18. The SMILES string of the molecule is CC1CCN(C(=O)c2ccc(CN(c3ccccc3)S(C)(=O)=O)cc2)CC1. The Morgan fingerprint density at radius 1 is 1.04 bits per heavy atom. The van der Waals surface area contributed by atoms with Crippen molar-refractivity contribution in [3.63, 3.8) is 0 Å². The van der Waals surface area contributed by atoms with Crippen molar-refractivity contribution in [3.8, 4) is 0 Å². The average molecular weight is 387 g/mol. The van der Waals surface area contributed by atoms with Gasteiger partial charge in [0.15, 0.2) is 0 Å². The maximum Gasteiger partial charge on any atom is 0.253 e. The average Bonchev–Trinajstić information content (AvgIpc) is 2.66. The Morgan fingerprint density at radius 3 is 2.19 bits per heavy atom. The second kappa shape index (κ2) is 8.13. The van der Waals surface area contributed by atoms with Crippen LogP contribution in [0, 0.1) is 5.92 Å². The minimum Gasteiger partial charge on any atom is -0.339 e. The van der Waals surface area contributed by atoms with Crippen LogP contribution in [-0.4, -0.2) is 38.6 Å². The third kappa shape index (κ3) is 4.89. The zero-order valence-electron chi connectivity index (χ0n) is 15.8. The van der Waals surface area contributed by atoms with Crippen molar-refractivity contribution in [3.05, 3.63) is 65.7 Å². The van der Waals surface area contributed by atoms with Crippen LogP contribution in [0.25, 0.3) is 0 Å². The summed E-state index contributed by atoms with van der Waals surface area (Å²) in [4.78, 5) is 14.5. The van der Waals surface area contributed by atoms with Crippen LogP contribution < -0.4 is 4.31 Å². The van der Waals surface area contributed by atoms with E-state index in [1.807, 2.05) is 35.2 Å². The highest BCUT2D eigenvalue weighted by atomic mass is 32.2. The first-order valence-electron chi connectivity index (χ1n) is 9.25. The number of piperidine rings is 1. The van der Waals surface area contributed by atoms with Gasteiger partial charge < -0.3 is 4.90 Å². The molecular weight excluding hydrogens is 360 g/mol. The predicted molar refractivity (Wildman–Crippen MR) is 108 cm³/mol. The van der Waals surface area contributed by atoms with Crippen LogP contribution in [-0.2, 0) is 16.6 Å². The van der Waals surface area contributed by atoms with Crippen LogP contribution in [0.5, 0.6) is 0 Å². The summed E-state index contributed by atoms with van der Waals surface area (Å²) in [6.45, 7) is 4.06. The zero-order chi connectivity index (χ0) is 19.4. The van der Waals surface area contributed by atoms with Crippen molar-refractivity contribution in [1.82, 2.24) is 4.90 Å². The molecule has 6 heteroatoms. The first-order chi connectivity index (χ1) is 12.8. The fourth-order valence-electron chi connectivity index (χ4n) is 3.31. The lowest BCUT2D eigenvalue weighted by Gasteiger charge is -2.30. The molecule has 0 N–H and O–H groups in total. The highest BCUT2D eigenvalue weighted by molar-refractivity contribution is 7.92. The molecule has 0 spiro atoms. The van der Waals surface area contributed by atoms with Crippen LogP contribution in [0.3, 0.4) is 0 Å². The maximum absolute atomic E-state index is 12.6. The van der Waals surface area contributed by atoms with E-state index in [2.05, 4.69) is 6.92 Å². The number of hydrogen-bond acceptors (Lipinski definition) is 3. The first kappa shape index (κ1) is 19.4. The number of para-hydroxylation sites is 1. The van der Waals surface area contributed by atoms with Crippen LogP contribution in [0.1, 0.15) is 35.7 Å². The van der Waals surface area contributed by atoms with Gasteiger partial charge in [-0.05, 0) is 48.6 Å². The Bertz CT molecular complexity index is 871. The fraction of sp³-hybridized carbons (Fsp3) is 0.381. The molecule has 2 aromatic carbocycles.